The number of carboxylic acid groups (broad SMARTS) is 1. The number of methoxy groups -OCH3 is 1. The Morgan fingerprint density at radius 2 is 2.04 bits per heavy atom. The molecule has 0 saturated heterocycles. The second-order valence-electron chi connectivity index (χ2n) is 5.62. The molecule has 0 atom stereocenters. The smallest absolute Gasteiger partial charge is 0.424 e. The van der Waals surface area contributed by atoms with Gasteiger partial charge < -0.3 is 14.6 Å². The molecule has 0 spiro atoms. The van der Waals surface area contributed by atoms with Crippen LogP contribution in [0.15, 0.2) is 18.5 Å². The van der Waals surface area contributed by atoms with Crippen LogP contribution in [0.5, 0.6) is 5.75 Å². The lowest BCUT2D eigenvalue weighted by Crippen LogP contribution is -2.40. The predicted octanol–water partition coefficient (Wildman–Crippen LogP) is 2.90. The number of anilines is 1. The van der Waals surface area contributed by atoms with Crippen LogP contribution in [0.2, 0.25) is 0 Å². The maximum Gasteiger partial charge on any atom is 0.424 e. The van der Waals surface area contributed by atoms with E-state index in [-0.39, 0.29) is 17.0 Å². The number of imide groups is 1. The van der Waals surface area contributed by atoms with E-state index < -0.39 is 23.6 Å². The monoisotopic (exact) mass is 325 g/mol. The molecule has 2 aromatic rings. The van der Waals surface area contributed by atoms with Gasteiger partial charge in [0, 0.05) is 6.20 Å². The van der Waals surface area contributed by atoms with Crippen molar-refractivity contribution in [3.63, 3.8) is 0 Å². The first kappa shape index (κ1) is 16.5. The zero-order valence-corrected chi connectivity index (χ0v) is 13.0. The van der Waals surface area contributed by atoms with Gasteiger partial charge in [-0.25, -0.2) is 18.5 Å². The first-order chi connectivity index (χ1) is 10.7. The summed E-state index contributed by atoms with van der Waals surface area (Å²) < 4.78 is 25.2. The second kappa shape index (κ2) is 5.75. The number of fused-ring (bicyclic) bond motifs is 1. The van der Waals surface area contributed by atoms with Crippen molar-refractivity contribution in [1.82, 2.24) is 9.61 Å². The van der Waals surface area contributed by atoms with E-state index in [9.17, 15) is 19.1 Å². The Labute approximate surface area is 131 Å². The Bertz CT molecular complexity index is 766. The van der Waals surface area contributed by atoms with E-state index in [1.54, 1.807) is 20.8 Å². The van der Waals surface area contributed by atoms with Crippen molar-refractivity contribution in [2.75, 3.05) is 12.0 Å². The molecule has 1 N–H and O–H groups in total. The highest BCUT2D eigenvalue weighted by atomic mass is 19.1. The second-order valence-corrected chi connectivity index (χ2v) is 5.62. The van der Waals surface area contributed by atoms with Gasteiger partial charge in [-0.3, -0.25) is 0 Å². The van der Waals surface area contributed by atoms with Gasteiger partial charge in [0.05, 0.1) is 13.3 Å². The topological polar surface area (TPSA) is 93.4 Å². The molecule has 8 nitrogen and oxygen atoms in total. The highest BCUT2D eigenvalue weighted by Crippen LogP contribution is 2.34. The van der Waals surface area contributed by atoms with Crippen LogP contribution in [0.3, 0.4) is 0 Å². The molecule has 0 unspecified atom stereocenters. The van der Waals surface area contributed by atoms with Crippen LogP contribution in [0.4, 0.5) is 19.7 Å². The maximum absolute atomic E-state index is 13.9. The van der Waals surface area contributed by atoms with E-state index >= 15 is 0 Å². The summed E-state index contributed by atoms with van der Waals surface area (Å²) in [5.74, 6) is -0.853. The molecule has 2 aromatic heterocycles. The summed E-state index contributed by atoms with van der Waals surface area (Å²) in [5.41, 5.74) is -1.15. The summed E-state index contributed by atoms with van der Waals surface area (Å²) in [6, 6.07) is 1.27. The molecule has 2 rings (SSSR count). The maximum atomic E-state index is 13.9. The number of ether oxygens (including phenoxy) is 2. The van der Waals surface area contributed by atoms with E-state index in [0.717, 1.165) is 6.20 Å². The van der Waals surface area contributed by atoms with Crippen molar-refractivity contribution in [3.05, 3.63) is 24.3 Å². The van der Waals surface area contributed by atoms with E-state index in [4.69, 9.17) is 9.47 Å². The molecule has 0 fully saturated rings. The van der Waals surface area contributed by atoms with Gasteiger partial charge in [-0.15, -0.1) is 0 Å². The highest BCUT2D eigenvalue weighted by Gasteiger charge is 2.32. The molecule has 2 heterocycles. The molecule has 2 amide bonds. The predicted molar refractivity (Wildman–Crippen MR) is 78.4 cm³/mol. The minimum atomic E-state index is -1.58. The third-order valence-corrected chi connectivity index (χ3v) is 2.78. The van der Waals surface area contributed by atoms with Crippen LogP contribution in [0, 0.1) is 5.82 Å². The Morgan fingerprint density at radius 1 is 1.39 bits per heavy atom. The van der Waals surface area contributed by atoms with Gasteiger partial charge in [-0.05, 0) is 26.8 Å². The molecule has 23 heavy (non-hydrogen) atoms. The molecule has 124 valence electrons. The lowest BCUT2D eigenvalue weighted by atomic mass is 10.2. The summed E-state index contributed by atoms with van der Waals surface area (Å²) in [6.45, 7) is 4.80. The number of amides is 2. The summed E-state index contributed by atoms with van der Waals surface area (Å²) in [6.07, 6.45) is -0.425. The van der Waals surface area contributed by atoms with Gasteiger partial charge in [-0.1, -0.05) is 0 Å². The van der Waals surface area contributed by atoms with Gasteiger partial charge in [0.15, 0.2) is 11.6 Å². The molecular weight excluding hydrogens is 309 g/mol. The standard InChI is InChI=1S/C14H16FN3O5/c1-14(2,3)23-13(21)18(12(19)20)9-5-6-17-10(11(9)22-4)8(15)7-16-17/h5-7H,1-4H3,(H,19,20). The fraction of sp³-hybridized carbons (Fsp3) is 0.357. The normalized spacial score (nSPS) is 11.3. The third kappa shape index (κ3) is 3.17. The van der Waals surface area contributed by atoms with Crippen LogP contribution >= 0.6 is 0 Å². The summed E-state index contributed by atoms with van der Waals surface area (Å²) >= 11 is 0. The van der Waals surface area contributed by atoms with Crippen molar-refractivity contribution in [3.8, 4) is 5.75 Å². The Morgan fingerprint density at radius 3 is 2.57 bits per heavy atom. The minimum absolute atomic E-state index is 0.0835. The van der Waals surface area contributed by atoms with Crippen LogP contribution in [-0.2, 0) is 4.74 Å². The molecule has 0 aromatic carbocycles. The third-order valence-electron chi connectivity index (χ3n) is 2.78. The molecule has 0 bridgehead atoms. The number of rotatable bonds is 2. The fourth-order valence-corrected chi connectivity index (χ4v) is 1.97. The average Bonchev–Trinajstić information content (AvgIpc) is 2.78. The number of hydrogen-bond acceptors (Lipinski definition) is 5. The van der Waals surface area contributed by atoms with E-state index in [0.29, 0.717) is 4.90 Å². The molecule has 0 aliphatic rings. The van der Waals surface area contributed by atoms with Gasteiger partial charge in [-0.2, -0.15) is 10.00 Å². The number of carbonyl (C=O) groups excluding carboxylic acids is 1. The number of carbonyl (C=O) groups is 2. The molecule has 0 saturated carbocycles. The van der Waals surface area contributed by atoms with Gasteiger partial charge in [0.25, 0.3) is 0 Å². The lowest BCUT2D eigenvalue weighted by Gasteiger charge is -2.25. The van der Waals surface area contributed by atoms with Crippen LogP contribution in [-0.4, -0.2) is 39.6 Å². The zero-order chi connectivity index (χ0) is 17.4. The molecular formula is C14H16FN3O5. The number of nitrogens with zero attached hydrogens (tertiary/aromatic N) is 3. The van der Waals surface area contributed by atoms with Crippen molar-refractivity contribution in [2.45, 2.75) is 26.4 Å². The van der Waals surface area contributed by atoms with Gasteiger partial charge >= 0.3 is 12.2 Å². The number of hydrogen-bond donors (Lipinski definition) is 1. The highest BCUT2D eigenvalue weighted by molar-refractivity contribution is 6.10. The van der Waals surface area contributed by atoms with Crippen LogP contribution in [0.25, 0.3) is 5.52 Å². The van der Waals surface area contributed by atoms with Crippen molar-refractivity contribution < 1.29 is 28.6 Å². The molecule has 0 radical (unpaired) electrons. The largest absolute Gasteiger partial charge is 0.492 e. The SMILES string of the molecule is COc1c(N(C(=O)O)C(=O)OC(C)(C)C)ccn2ncc(F)c12. The molecule has 0 aliphatic carbocycles. The Hall–Kier alpha value is -2.84. The van der Waals surface area contributed by atoms with Crippen LogP contribution in [0.1, 0.15) is 20.8 Å². The van der Waals surface area contributed by atoms with E-state index in [2.05, 4.69) is 5.10 Å². The first-order valence-electron chi connectivity index (χ1n) is 6.61. The van der Waals surface area contributed by atoms with Crippen molar-refractivity contribution in [1.29, 1.82) is 0 Å². The summed E-state index contributed by atoms with van der Waals surface area (Å²) in [7, 11) is 1.24. The fourth-order valence-electron chi connectivity index (χ4n) is 1.97. The van der Waals surface area contributed by atoms with E-state index in [1.807, 2.05) is 0 Å². The molecule has 9 heteroatoms. The zero-order valence-electron chi connectivity index (χ0n) is 13.0. The Balaban J connectivity index is 2.60. The van der Waals surface area contributed by atoms with Crippen LogP contribution < -0.4 is 9.64 Å². The van der Waals surface area contributed by atoms with E-state index in [1.165, 1.54) is 23.9 Å². The first-order valence-corrected chi connectivity index (χ1v) is 6.61. The number of pyridine rings is 1. The van der Waals surface area contributed by atoms with Gasteiger partial charge in [0.2, 0.25) is 0 Å². The minimum Gasteiger partial charge on any atom is -0.492 e. The number of halogens is 1. The average molecular weight is 325 g/mol. The van der Waals surface area contributed by atoms with Crippen molar-refractivity contribution >= 4 is 23.4 Å². The van der Waals surface area contributed by atoms with Gasteiger partial charge in [0.1, 0.15) is 16.8 Å². The van der Waals surface area contributed by atoms with Crippen molar-refractivity contribution in [2.24, 2.45) is 0 Å². The Kier molecular flexibility index (Phi) is 4.13. The molecule has 0 aliphatic heterocycles. The quantitative estimate of drug-likeness (QED) is 0.912. The lowest BCUT2D eigenvalue weighted by molar-refractivity contribution is 0.0581. The number of aromatic nitrogens is 2. The summed E-state index contributed by atoms with van der Waals surface area (Å²) in [4.78, 5) is 24.0. The summed E-state index contributed by atoms with van der Waals surface area (Å²) in [5, 5.41) is 13.1.